The molecule has 4 heterocycles. The van der Waals surface area contributed by atoms with Gasteiger partial charge in [0.05, 0.1) is 16.7 Å². The molecule has 0 aliphatic carbocycles. The smallest absolute Gasteiger partial charge is 0.329 e. The third-order valence-corrected chi connectivity index (χ3v) is 7.05. The zero-order chi connectivity index (χ0) is 20.2. The number of nitrogens with zero attached hydrogens (tertiary/aromatic N) is 3. The van der Waals surface area contributed by atoms with Crippen molar-refractivity contribution >= 4 is 28.5 Å². The van der Waals surface area contributed by atoms with Crippen molar-refractivity contribution in [3.63, 3.8) is 0 Å². The van der Waals surface area contributed by atoms with Gasteiger partial charge < -0.3 is 10.2 Å². The van der Waals surface area contributed by atoms with Crippen LogP contribution < -0.4 is 21.2 Å². The van der Waals surface area contributed by atoms with Crippen LogP contribution in [0.25, 0.3) is 11.0 Å². The summed E-state index contributed by atoms with van der Waals surface area (Å²) in [6.07, 6.45) is 4.16. The third-order valence-electron chi connectivity index (χ3n) is 7.05. The highest BCUT2D eigenvalue weighted by atomic mass is 16.2. The Labute approximate surface area is 168 Å². The average Bonchev–Trinajstić information content (AvgIpc) is 3.23. The van der Waals surface area contributed by atoms with Crippen LogP contribution >= 0.6 is 0 Å². The summed E-state index contributed by atoms with van der Waals surface area (Å²) in [6, 6.07) is 5.30. The van der Waals surface area contributed by atoms with Crippen molar-refractivity contribution in [2.45, 2.75) is 38.1 Å². The van der Waals surface area contributed by atoms with Crippen molar-refractivity contribution in [3.05, 3.63) is 28.7 Å². The average molecular weight is 397 g/mol. The predicted octanol–water partition coefficient (Wildman–Crippen LogP) is 0.898. The summed E-state index contributed by atoms with van der Waals surface area (Å²) in [4.78, 5) is 39.5. The fourth-order valence-electron chi connectivity index (χ4n) is 5.41. The van der Waals surface area contributed by atoms with Gasteiger partial charge in [-0.2, -0.15) is 0 Å². The monoisotopic (exact) mass is 397 g/mol. The number of imidazole rings is 1. The number of hydrogen-bond donors (Lipinski definition) is 2. The van der Waals surface area contributed by atoms with Crippen molar-refractivity contribution in [1.29, 1.82) is 0 Å². The zero-order valence-corrected chi connectivity index (χ0v) is 16.7. The molecule has 8 nitrogen and oxygen atoms in total. The Morgan fingerprint density at radius 3 is 2.66 bits per heavy atom. The van der Waals surface area contributed by atoms with Crippen molar-refractivity contribution in [2.75, 3.05) is 31.1 Å². The van der Waals surface area contributed by atoms with Crippen LogP contribution in [0.2, 0.25) is 0 Å². The number of aryl methyl sites for hydroxylation is 1. The lowest BCUT2D eigenvalue weighted by Gasteiger charge is -2.34. The molecule has 3 aliphatic heterocycles. The van der Waals surface area contributed by atoms with Crippen LogP contribution in [0.1, 0.15) is 38.1 Å². The van der Waals surface area contributed by atoms with E-state index in [1.165, 1.54) is 19.3 Å². The quantitative estimate of drug-likeness (QED) is 0.735. The number of aromatic nitrogens is 2. The number of fused-ring (bicyclic) bond motifs is 1. The molecule has 0 radical (unpaired) electrons. The number of imide groups is 1. The summed E-state index contributed by atoms with van der Waals surface area (Å²) in [7, 11) is 1.77. The van der Waals surface area contributed by atoms with E-state index in [2.05, 4.69) is 21.6 Å². The van der Waals surface area contributed by atoms with Gasteiger partial charge in [-0.05, 0) is 56.3 Å². The van der Waals surface area contributed by atoms with Gasteiger partial charge in [-0.15, -0.1) is 0 Å². The first kappa shape index (κ1) is 18.4. The molecule has 1 aromatic heterocycles. The number of rotatable bonds is 2. The van der Waals surface area contributed by atoms with Gasteiger partial charge in [0.1, 0.15) is 6.04 Å². The Bertz CT molecular complexity index is 1050. The number of nitrogens with one attached hydrogen (secondary N) is 2. The largest absolute Gasteiger partial charge is 0.369 e. The highest BCUT2D eigenvalue weighted by molar-refractivity contribution is 6.00. The first-order valence-corrected chi connectivity index (χ1v) is 10.5. The molecule has 2 amide bonds. The van der Waals surface area contributed by atoms with Crippen molar-refractivity contribution in [2.24, 2.45) is 12.5 Å². The maximum absolute atomic E-state index is 13.1. The van der Waals surface area contributed by atoms with Gasteiger partial charge in [0, 0.05) is 26.6 Å². The number of benzene rings is 1. The van der Waals surface area contributed by atoms with Gasteiger partial charge in [0.15, 0.2) is 0 Å². The molecule has 1 aromatic carbocycles. The summed E-state index contributed by atoms with van der Waals surface area (Å²) < 4.78 is 3.22. The molecule has 2 aromatic rings. The molecular formula is C21H27N5O3. The lowest BCUT2D eigenvalue weighted by Crippen LogP contribution is -2.44. The highest BCUT2D eigenvalue weighted by Gasteiger charge is 2.40. The number of amides is 2. The summed E-state index contributed by atoms with van der Waals surface area (Å²) in [6.45, 7) is 4.13. The SMILES string of the molecule is Cn1c(=O)n([C@@H]2CCC(=O)NC2=O)c2cccc(N3CCC4(CCNCC4)C3)c21. The molecule has 3 fully saturated rings. The maximum Gasteiger partial charge on any atom is 0.329 e. The first-order chi connectivity index (χ1) is 14.0. The number of piperidine rings is 2. The third kappa shape index (κ3) is 2.88. The van der Waals surface area contributed by atoms with Gasteiger partial charge >= 0.3 is 5.69 Å². The second-order valence-electron chi connectivity index (χ2n) is 8.74. The summed E-state index contributed by atoms with van der Waals surface area (Å²) in [5, 5.41) is 5.83. The predicted molar refractivity (Wildman–Crippen MR) is 110 cm³/mol. The fourth-order valence-corrected chi connectivity index (χ4v) is 5.41. The van der Waals surface area contributed by atoms with Crippen LogP contribution in [0.3, 0.4) is 0 Å². The van der Waals surface area contributed by atoms with E-state index in [1.807, 2.05) is 12.1 Å². The Hall–Kier alpha value is -2.61. The van der Waals surface area contributed by atoms with Crippen LogP contribution in [-0.4, -0.2) is 47.1 Å². The second kappa shape index (κ2) is 6.73. The molecule has 3 saturated heterocycles. The Morgan fingerprint density at radius 2 is 1.90 bits per heavy atom. The molecule has 2 N–H and O–H groups in total. The summed E-state index contributed by atoms with van der Waals surface area (Å²) >= 11 is 0. The van der Waals surface area contributed by atoms with Crippen molar-refractivity contribution in [1.82, 2.24) is 19.8 Å². The van der Waals surface area contributed by atoms with E-state index in [0.29, 0.717) is 11.8 Å². The molecule has 1 atom stereocenters. The lowest BCUT2D eigenvalue weighted by atomic mass is 9.78. The van der Waals surface area contributed by atoms with Gasteiger partial charge in [0.2, 0.25) is 11.8 Å². The van der Waals surface area contributed by atoms with Gasteiger partial charge in [-0.25, -0.2) is 4.79 Å². The van der Waals surface area contributed by atoms with Crippen LogP contribution in [0, 0.1) is 5.41 Å². The molecule has 29 heavy (non-hydrogen) atoms. The summed E-state index contributed by atoms with van der Waals surface area (Å²) in [5.41, 5.74) is 2.84. The molecule has 0 bridgehead atoms. The van der Waals surface area contributed by atoms with E-state index in [0.717, 1.165) is 42.9 Å². The Kier molecular flexibility index (Phi) is 4.27. The molecule has 3 aliphatic rings. The molecule has 1 spiro atoms. The first-order valence-electron chi connectivity index (χ1n) is 10.5. The van der Waals surface area contributed by atoms with Gasteiger partial charge in [-0.1, -0.05) is 6.07 Å². The fraction of sp³-hybridized carbons (Fsp3) is 0.571. The van der Waals surface area contributed by atoms with E-state index >= 15 is 0 Å². The molecule has 8 heteroatoms. The standard InChI is InChI=1S/C21H27N5O3/c1-24-18-14(25-12-9-21(13-25)7-10-22-11-8-21)3-2-4-15(18)26(20(24)29)16-5-6-17(27)23-19(16)28/h2-4,16,22H,5-13H2,1H3,(H,23,27,28)/t16-/m1/s1. The minimum absolute atomic E-state index is 0.210. The number of hydrogen-bond acceptors (Lipinski definition) is 5. The molecule has 0 unspecified atom stereocenters. The lowest BCUT2D eigenvalue weighted by molar-refractivity contribution is -0.135. The topological polar surface area (TPSA) is 88.4 Å². The summed E-state index contributed by atoms with van der Waals surface area (Å²) in [5.74, 6) is -0.666. The van der Waals surface area contributed by atoms with Crippen LogP contribution in [0.15, 0.2) is 23.0 Å². The normalized spacial score (nSPS) is 24.4. The van der Waals surface area contributed by atoms with E-state index in [4.69, 9.17) is 0 Å². The van der Waals surface area contributed by atoms with E-state index in [-0.39, 0.29) is 18.0 Å². The number of para-hydroxylation sites is 1. The molecule has 154 valence electrons. The minimum Gasteiger partial charge on any atom is -0.369 e. The molecule has 0 saturated carbocycles. The van der Waals surface area contributed by atoms with Crippen LogP contribution in [0.4, 0.5) is 5.69 Å². The Balaban J connectivity index is 1.56. The number of carbonyl (C=O) groups is 2. The molecular weight excluding hydrogens is 370 g/mol. The van der Waals surface area contributed by atoms with E-state index in [9.17, 15) is 14.4 Å². The van der Waals surface area contributed by atoms with Crippen LogP contribution in [-0.2, 0) is 16.6 Å². The minimum atomic E-state index is -0.645. The highest BCUT2D eigenvalue weighted by Crippen LogP contribution is 2.42. The maximum atomic E-state index is 13.1. The van der Waals surface area contributed by atoms with Crippen LogP contribution in [0.5, 0.6) is 0 Å². The molecule has 5 rings (SSSR count). The van der Waals surface area contributed by atoms with E-state index < -0.39 is 11.9 Å². The zero-order valence-electron chi connectivity index (χ0n) is 16.7. The van der Waals surface area contributed by atoms with Crippen molar-refractivity contribution in [3.8, 4) is 0 Å². The second-order valence-corrected chi connectivity index (χ2v) is 8.74. The van der Waals surface area contributed by atoms with Gasteiger partial charge in [-0.3, -0.25) is 24.0 Å². The Morgan fingerprint density at radius 1 is 1.10 bits per heavy atom. The number of carbonyl (C=O) groups excluding carboxylic acids is 2. The van der Waals surface area contributed by atoms with E-state index in [1.54, 1.807) is 16.2 Å². The van der Waals surface area contributed by atoms with Crippen molar-refractivity contribution < 1.29 is 9.59 Å². The van der Waals surface area contributed by atoms with Gasteiger partial charge in [0.25, 0.3) is 0 Å². The number of anilines is 1.